The van der Waals surface area contributed by atoms with E-state index in [1.807, 2.05) is 97.9 Å². The number of nitrogens with zero attached hydrogens (tertiary/aromatic N) is 1. The van der Waals surface area contributed by atoms with Gasteiger partial charge in [0, 0.05) is 14.1 Å². The summed E-state index contributed by atoms with van der Waals surface area (Å²) in [5, 5.41) is 11.7. The summed E-state index contributed by atoms with van der Waals surface area (Å²) in [5.74, 6) is 0. The first-order valence-electron chi connectivity index (χ1n) is 9.13. The zero-order valence-corrected chi connectivity index (χ0v) is 17.1. The van der Waals surface area contributed by atoms with Gasteiger partial charge in [-0.15, -0.1) is 0 Å². The fourth-order valence-electron chi connectivity index (χ4n) is 3.24. The van der Waals surface area contributed by atoms with Crippen molar-refractivity contribution in [2.45, 2.75) is 23.5 Å². The highest BCUT2D eigenvalue weighted by Crippen LogP contribution is 2.36. The smallest absolute Gasteiger partial charge is 0.191 e. The molecular formula is C23H25NO3S. The van der Waals surface area contributed by atoms with Gasteiger partial charge in [0.1, 0.15) is 11.7 Å². The molecule has 4 nitrogen and oxygen atoms in total. The Kier molecular flexibility index (Phi) is 6.29. The SMILES string of the molecule is C[C@H](OS(=O)c1ccccc1N(C)C)C(O)(c1ccccc1)c1ccccc1. The normalized spacial score (nSPS) is 13.7. The Hall–Kier alpha value is -2.47. The molecule has 3 aromatic rings. The van der Waals surface area contributed by atoms with Crippen molar-refractivity contribution in [3.8, 4) is 0 Å². The van der Waals surface area contributed by atoms with Crippen LogP contribution in [0.2, 0.25) is 0 Å². The van der Waals surface area contributed by atoms with Crippen molar-refractivity contribution in [2.75, 3.05) is 19.0 Å². The molecule has 0 saturated heterocycles. The van der Waals surface area contributed by atoms with Crippen LogP contribution in [0.25, 0.3) is 0 Å². The molecule has 0 amide bonds. The fraction of sp³-hybridized carbons (Fsp3) is 0.217. The molecule has 0 radical (unpaired) electrons. The van der Waals surface area contributed by atoms with Crippen LogP contribution in [0.3, 0.4) is 0 Å². The lowest BCUT2D eigenvalue weighted by Crippen LogP contribution is -2.41. The Morgan fingerprint density at radius 2 is 1.32 bits per heavy atom. The summed E-state index contributed by atoms with van der Waals surface area (Å²) < 4.78 is 18.9. The summed E-state index contributed by atoms with van der Waals surface area (Å²) in [6.07, 6.45) is -0.756. The molecule has 0 bridgehead atoms. The van der Waals surface area contributed by atoms with Gasteiger partial charge in [0.05, 0.1) is 10.6 Å². The summed E-state index contributed by atoms with van der Waals surface area (Å²) >= 11 is -1.74. The van der Waals surface area contributed by atoms with Crippen molar-refractivity contribution in [3.05, 3.63) is 96.1 Å². The molecular weight excluding hydrogens is 370 g/mol. The van der Waals surface area contributed by atoms with E-state index in [-0.39, 0.29) is 0 Å². The highest BCUT2D eigenvalue weighted by atomic mass is 32.2. The van der Waals surface area contributed by atoms with Crippen LogP contribution in [-0.4, -0.2) is 29.5 Å². The topological polar surface area (TPSA) is 49.8 Å². The third kappa shape index (κ3) is 4.02. The highest BCUT2D eigenvalue weighted by Gasteiger charge is 2.40. The second-order valence-electron chi connectivity index (χ2n) is 6.83. The van der Waals surface area contributed by atoms with E-state index in [1.54, 1.807) is 13.0 Å². The van der Waals surface area contributed by atoms with E-state index in [0.717, 1.165) is 5.69 Å². The number of hydrogen-bond donors (Lipinski definition) is 1. The Morgan fingerprint density at radius 1 is 0.857 bits per heavy atom. The van der Waals surface area contributed by atoms with E-state index in [0.29, 0.717) is 16.0 Å². The molecule has 0 heterocycles. The van der Waals surface area contributed by atoms with Gasteiger partial charge in [-0.05, 0) is 30.2 Å². The maximum atomic E-state index is 13.0. The zero-order valence-electron chi connectivity index (χ0n) is 16.3. The van der Waals surface area contributed by atoms with E-state index < -0.39 is 22.8 Å². The van der Waals surface area contributed by atoms with Gasteiger partial charge in [0.2, 0.25) is 0 Å². The molecule has 0 aliphatic rings. The van der Waals surface area contributed by atoms with Crippen molar-refractivity contribution in [1.29, 1.82) is 0 Å². The number of para-hydroxylation sites is 1. The summed E-state index contributed by atoms with van der Waals surface area (Å²) in [7, 11) is 3.79. The minimum absolute atomic E-state index is 0.572. The number of aliphatic hydroxyl groups is 1. The van der Waals surface area contributed by atoms with E-state index >= 15 is 0 Å². The molecule has 146 valence electrons. The van der Waals surface area contributed by atoms with Gasteiger partial charge in [-0.3, -0.25) is 4.18 Å². The van der Waals surface area contributed by atoms with Crippen molar-refractivity contribution < 1.29 is 13.5 Å². The molecule has 0 aromatic heterocycles. The lowest BCUT2D eigenvalue weighted by atomic mass is 9.82. The van der Waals surface area contributed by atoms with Crippen molar-refractivity contribution in [2.24, 2.45) is 0 Å². The Balaban J connectivity index is 1.98. The molecule has 0 aliphatic heterocycles. The van der Waals surface area contributed by atoms with Crippen molar-refractivity contribution in [1.82, 2.24) is 0 Å². The molecule has 0 spiro atoms. The first kappa shape index (κ1) is 20.3. The number of hydrogen-bond acceptors (Lipinski definition) is 4. The molecule has 5 heteroatoms. The molecule has 1 unspecified atom stereocenters. The molecule has 0 aliphatic carbocycles. The quantitative estimate of drug-likeness (QED) is 0.654. The average Bonchev–Trinajstić information content (AvgIpc) is 2.74. The molecule has 3 rings (SSSR count). The molecule has 1 N–H and O–H groups in total. The number of rotatable bonds is 7. The first-order valence-corrected chi connectivity index (χ1v) is 10.2. The van der Waals surface area contributed by atoms with Gasteiger partial charge in [0.25, 0.3) is 0 Å². The van der Waals surface area contributed by atoms with Crippen molar-refractivity contribution >= 4 is 16.8 Å². The second-order valence-corrected chi connectivity index (χ2v) is 7.94. The number of benzene rings is 3. The lowest BCUT2D eigenvalue weighted by molar-refractivity contribution is -0.0200. The largest absolute Gasteiger partial charge is 0.378 e. The lowest BCUT2D eigenvalue weighted by Gasteiger charge is -2.34. The monoisotopic (exact) mass is 395 g/mol. The third-order valence-electron chi connectivity index (χ3n) is 4.77. The number of anilines is 1. The van der Waals surface area contributed by atoms with Crippen LogP contribution < -0.4 is 4.90 Å². The van der Waals surface area contributed by atoms with E-state index in [4.69, 9.17) is 4.18 Å². The summed E-state index contributed by atoms with van der Waals surface area (Å²) in [6.45, 7) is 1.75. The standard InChI is InChI=1S/C23H25NO3S/c1-18(27-28(26)22-17-11-10-16-21(22)24(2)3)23(25,19-12-6-4-7-13-19)20-14-8-5-9-15-20/h4-18,25H,1-3H3/t18-,28?/m0/s1. The van der Waals surface area contributed by atoms with Gasteiger partial charge in [-0.25, -0.2) is 4.21 Å². The minimum Gasteiger partial charge on any atom is -0.378 e. The zero-order chi connectivity index (χ0) is 20.1. The maximum Gasteiger partial charge on any atom is 0.191 e. The molecule has 2 atom stereocenters. The first-order chi connectivity index (χ1) is 13.4. The van der Waals surface area contributed by atoms with Crippen LogP contribution in [0.5, 0.6) is 0 Å². The summed E-state index contributed by atoms with van der Waals surface area (Å²) in [5.41, 5.74) is 0.750. The van der Waals surface area contributed by atoms with Crippen LogP contribution in [0.15, 0.2) is 89.8 Å². The third-order valence-corrected chi connectivity index (χ3v) is 5.94. The van der Waals surface area contributed by atoms with E-state index in [9.17, 15) is 9.32 Å². The predicted molar refractivity (Wildman–Crippen MR) is 114 cm³/mol. The van der Waals surface area contributed by atoms with Gasteiger partial charge >= 0.3 is 0 Å². The van der Waals surface area contributed by atoms with Crippen LogP contribution >= 0.6 is 0 Å². The van der Waals surface area contributed by atoms with Gasteiger partial charge in [-0.1, -0.05) is 72.8 Å². The summed E-state index contributed by atoms with van der Waals surface area (Å²) in [6, 6.07) is 26.1. The average molecular weight is 396 g/mol. The molecule has 0 fully saturated rings. The second kappa shape index (κ2) is 8.69. The van der Waals surface area contributed by atoms with Crippen LogP contribution in [-0.2, 0) is 20.9 Å². The maximum absolute atomic E-state index is 13.0. The minimum atomic E-state index is -1.74. The van der Waals surface area contributed by atoms with Gasteiger partial charge < -0.3 is 10.0 Å². The van der Waals surface area contributed by atoms with Crippen LogP contribution in [0, 0.1) is 0 Å². The fourth-order valence-corrected chi connectivity index (χ4v) is 4.36. The highest BCUT2D eigenvalue weighted by molar-refractivity contribution is 7.80. The molecule has 28 heavy (non-hydrogen) atoms. The van der Waals surface area contributed by atoms with Gasteiger partial charge in [-0.2, -0.15) is 0 Å². The van der Waals surface area contributed by atoms with Crippen molar-refractivity contribution in [3.63, 3.8) is 0 Å². The van der Waals surface area contributed by atoms with Gasteiger partial charge in [0.15, 0.2) is 11.1 Å². The Morgan fingerprint density at radius 3 is 1.82 bits per heavy atom. The predicted octanol–water partition coefficient (Wildman–Crippen LogP) is 4.12. The Labute approximate surface area is 169 Å². The molecule has 0 saturated carbocycles. The van der Waals surface area contributed by atoms with Crippen LogP contribution in [0.4, 0.5) is 5.69 Å². The van der Waals surface area contributed by atoms with E-state index in [1.165, 1.54) is 0 Å². The van der Waals surface area contributed by atoms with Crippen LogP contribution in [0.1, 0.15) is 18.1 Å². The molecule has 3 aromatic carbocycles. The van der Waals surface area contributed by atoms with E-state index in [2.05, 4.69) is 0 Å². The Bertz CT molecular complexity index is 889. The summed E-state index contributed by atoms with van der Waals surface area (Å²) in [4.78, 5) is 2.46.